The molecule has 3 rings (SSSR count). The van der Waals surface area contributed by atoms with Crippen LogP contribution in [0.25, 0.3) is 11.1 Å². The van der Waals surface area contributed by atoms with Crippen LogP contribution in [0.3, 0.4) is 0 Å². The van der Waals surface area contributed by atoms with Crippen LogP contribution in [0.1, 0.15) is 29.0 Å². The van der Waals surface area contributed by atoms with Gasteiger partial charge in [-0.1, -0.05) is 54.6 Å². The Hall–Kier alpha value is -2.08. The number of hydrogen-bond acceptors (Lipinski definition) is 0. The van der Waals surface area contributed by atoms with E-state index in [2.05, 4.69) is 55.6 Å². The van der Waals surface area contributed by atoms with Crippen molar-refractivity contribution in [3.8, 4) is 11.1 Å². The summed E-state index contributed by atoms with van der Waals surface area (Å²) in [5, 5.41) is 0. The Morgan fingerprint density at radius 1 is 0.895 bits per heavy atom. The van der Waals surface area contributed by atoms with E-state index in [9.17, 15) is 0 Å². The molecule has 0 aromatic heterocycles. The number of benzene rings is 2. The minimum Gasteiger partial charge on any atom is -0.103 e. The van der Waals surface area contributed by atoms with Gasteiger partial charge < -0.3 is 0 Å². The minimum atomic E-state index is 0.466. The molecule has 0 spiro atoms. The fourth-order valence-electron chi connectivity index (χ4n) is 3.07. The van der Waals surface area contributed by atoms with Crippen LogP contribution in [0.5, 0.6) is 0 Å². The Balaban J connectivity index is 2.16. The molecule has 94 valence electrons. The second-order valence-corrected chi connectivity index (χ2v) is 5.08. The van der Waals surface area contributed by atoms with E-state index >= 15 is 0 Å². The molecule has 2 aromatic rings. The molecule has 0 aliphatic heterocycles. The molecule has 0 heteroatoms. The zero-order valence-corrected chi connectivity index (χ0v) is 11.1. The van der Waals surface area contributed by atoms with E-state index in [1.165, 1.54) is 27.8 Å². The minimum absolute atomic E-state index is 0.466. The molecule has 0 heterocycles. The molecule has 0 saturated carbocycles. The first-order valence-corrected chi connectivity index (χ1v) is 6.79. The molecule has 0 fully saturated rings. The topological polar surface area (TPSA) is 0 Å². The summed E-state index contributed by atoms with van der Waals surface area (Å²) in [6, 6.07) is 15.5. The molecule has 0 radical (unpaired) electrons. The molecule has 1 unspecified atom stereocenters. The molecule has 0 nitrogen and oxygen atoms in total. The molecule has 2 aromatic carbocycles. The SMILES string of the molecule is C=CCc1ccc2c(c1)C(CC=C)c1ccccc1-2. The van der Waals surface area contributed by atoms with Gasteiger partial charge in [-0.2, -0.15) is 0 Å². The Kier molecular flexibility index (Phi) is 3.08. The summed E-state index contributed by atoms with van der Waals surface area (Å²) in [6.07, 6.45) is 5.93. The average molecular weight is 246 g/mol. The Morgan fingerprint density at radius 2 is 1.68 bits per heavy atom. The lowest BCUT2D eigenvalue weighted by molar-refractivity contribution is 0.854. The van der Waals surface area contributed by atoms with Crippen molar-refractivity contribution in [1.82, 2.24) is 0 Å². The largest absolute Gasteiger partial charge is 0.103 e. The summed E-state index contributed by atoms with van der Waals surface area (Å²) in [6.45, 7) is 7.74. The third kappa shape index (κ3) is 1.94. The third-order valence-electron chi connectivity index (χ3n) is 3.90. The van der Waals surface area contributed by atoms with Crippen LogP contribution in [0.15, 0.2) is 67.8 Å². The second-order valence-electron chi connectivity index (χ2n) is 5.08. The first-order chi connectivity index (χ1) is 9.35. The van der Waals surface area contributed by atoms with Crippen molar-refractivity contribution in [3.05, 3.63) is 84.5 Å². The van der Waals surface area contributed by atoms with Gasteiger partial charge in [-0.05, 0) is 40.7 Å². The van der Waals surface area contributed by atoms with Gasteiger partial charge in [0.05, 0.1) is 0 Å². The van der Waals surface area contributed by atoms with Crippen LogP contribution in [0.2, 0.25) is 0 Å². The van der Waals surface area contributed by atoms with Crippen molar-refractivity contribution < 1.29 is 0 Å². The van der Waals surface area contributed by atoms with Gasteiger partial charge in [-0.25, -0.2) is 0 Å². The van der Waals surface area contributed by atoms with E-state index in [1.807, 2.05) is 12.2 Å². The number of hydrogen-bond donors (Lipinski definition) is 0. The highest BCUT2D eigenvalue weighted by atomic mass is 14.3. The lowest BCUT2D eigenvalue weighted by Gasteiger charge is -2.11. The van der Waals surface area contributed by atoms with Crippen LogP contribution in [-0.2, 0) is 6.42 Å². The van der Waals surface area contributed by atoms with E-state index in [-0.39, 0.29) is 0 Å². The van der Waals surface area contributed by atoms with Gasteiger partial charge >= 0.3 is 0 Å². The van der Waals surface area contributed by atoms with Gasteiger partial charge in [-0.3, -0.25) is 0 Å². The highest BCUT2D eigenvalue weighted by molar-refractivity contribution is 5.79. The van der Waals surface area contributed by atoms with Gasteiger partial charge in [0.25, 0.3) is 0 Å². The number of allylic oxidation sites excluding steroid dienone is 2. The van der Waals surface area contributed by atoms with Gasteiger partial charge in [0.1, 0.15) is 0 Å². The lowest BCUT2D eigenvalue weighted by Crippen LogP contribution is -1.95. The molecular weight excluding hydrogens is 228 g/mol. The predicted octanol–water partition coefficient (Wildman–Crippen LogP) is 5.10. The third-order valence-corrected chi connectivity index (χ3v) is 3.90. The van der Waals surface area contributed by atoms with Crippen molar-refractivity contribution >= 4 is 0 Å². The Bertz CT molecular complexity index is 634. The number of fused-ring (bicyclic) bond motifs is 3. The van der Waals surface area contributed by atoms with E-state index in [0.29, 0.717) is 5.92 Å². The smallest absolute Gasteiger partial charge is 0.0136 e. The van der Waals surface area contributed by atoms with E-state index in [1.54, 1.807) is 0 Å². The van der Waals surface area contributed by atoms with Crippen molar-refractivity contribution in [2.75, 3.05) is 0 Å². The van der Waals surface area contributed by atoms with Gasteiger partial charge in [0, 0.05) is 5.92 Å². The highest BCUT2D eigenvalue weighted by Crippen LogP contribution is 2.46. The van der Waals surface area contributed by atoms with Gasteiger partial charge in [0.15, 0.2) is 0 Å². The highest BCUT2D eigenvalue weighted by Gasteiger charge is 2.27. The molecule has 1 atom stereocenters. The summed E-state index contributed by atoms with van der Waals surface area (Å²) in [5.41, 5.74) is 6.99. The Morgan fingerprint density at radius 3 is 2.47 bits per heavy atom. The molecule has 0 N–H and O–H groups in total. The summed E-state index contributed by atoms with van der Waals surface area (Å²) < 4.78 is 0. The maximum Gasteiger partial charge on any atom is 0.0136 e. The van der Waals surface area contributed by atoms with E-state index in [0.717, 1.165) is 12.8 Å². The zero-order valence-electron chi connectivity index (χ0n) is 11.1. The molecule has 19 heavy (non-hydrogen) atoms. The fourth-order valence-corrected chi connectivity index (χ4v) is 3.07. The molecule has 1 aliphatic carbocycles. The van der Waals surface area contributed by atoms with Crippen LogP contribution in [0, 0.1) is 0 Å². The maximum absolute atomic E-state index is 3.91. The normalized spacial score (nSPS) is 15.7. The summed E-state index contributed by atoms with van der Waals surface area (Å²) in [4.78, 5) is 0. The standard InChI is InChI=1S/C19H18/c1-3-7-14-11-12-18-17-10-6-5-9-16(17)15(8-4-2)19(18)13-14/h3-6,9-13,15H,1-2,7-8H2. The fraction of sp³-hybridized carbons (Fsp3) is 0.158. The van der Waals surface area contributed by atoms with Crippen molar-refractivity contribution in [2.24, 2.45) is 0 Å². The van der Waals surface area contributed by atoms with Crippen molar-refractivity contribution in [3.63, 3.8) is 0 Å². The molecule has 1 aliphatic rings. The van der Waals surface area contributed by atoms with E-state index in [4.69, 9.17) is 0 Å². The summed E-state index contributed by atoms with van der Waals surface area (Å²) >= 11 is 0. The molecular formula is C19H18. The number of rotatable bonds is 4. The summed E-state index contributed by atoms with van der Waals surface area (Å²) in [5.74, 6) is 0.466. The maximum atomic E-state index is 3.91. The van der Waals surface area contributed by atoms with Crippen LogP contribution in [-0.4, -0.2) is 0 Å². The van der Waals surface area contributed by atoms with Crippen molar-refractivity contribution in [2.45, 2.75) is 18.8 Å². The van der Waals surface area contributed by atoms with Crippen molar-refractivity contribution in [1.29, 1.82) is 0 Å². The van der Waals surface area contributed by atoms with Gasteiger partial charge in [0.2, 0.25) is 0 Å². The first-order valence-electron chi connectivity index (χ1n) is 6.79. The van der Waals surface area contributed by atoms with Crippen LogP contribution < -0.4 is 0 Å². The lowest BCUT2D eigenvalue weighted by atomic mass is 9.92. The quantitative estimate of drug-likeness (QED) is 0.658. The average Bonchev–Trinajstić information content (AvgIpc) is 2.74. The monoisotopic (exact) mass is 246 g/mol. The summed E-state index contributed by atoms with van der Waals surface area (Å²) in [7, 11) is 0. The predicted molar refractivity (Wildman–Crippen MR) is 82.4 cm³/mol. The Labute approximate surface area is 115 Å². The second kappa shape index (κ2) is 4.89. The first kappa shape index (κ1) is 12.0. The molecule has 0 saturated heterocycles. The zero-order chi connectivity index (χ0) is 13.2. The van der Waals surface area contributed by atoms with E-state index < -0.39 is 0 Å². The van der Waals surface area contributed by atoms with Crippen LogP contribution >= 0.6 is 0 Å². The molecule has 0 amide bonds. The molecule has 0 bridgehead atoms. The van der Waals surface area contributed by atoms with Crippen LogP contribution in [0.4, 0.5) is 0 Å². The van der Waals surface area contributed by atoms with Gasteiger partial charge in [-0.15, -0.1) is 13.2 Å².